The number of aliphatic hydroxyl groups is 1. The van der Waals surface area contributed by atoms with Gasteiger partial charge < -0.3 is 10.4 Å². The van der Waals surface area contributed by atoms with E-state index >= 15 is 0 Å². The van der Waals surface area contributed by atoms with Crippen LogP contribution in [0.4, 0.5) is 0 Å². The Hall–Kier alpha value is 0.210. The largest absolute Gasteiger partial charge is 0.396 e. The lowest BCUT2D eigenvalue weighted by Crippen LogP contribution is -2.54. The summed E-state index contributed by atoms with van der Waals surface area (Å²) < 4.78 is 0. The van der Waals surface area contributed by atoms with E-state index in [0.717, 1.165) is 13.1 Å². The van der Waals surface area contributed by atoms with Crippen molar-refractivity contribution < 1.29 is 5.11 Å². The summed E-state index contributed by atoms with van der Waals surface area (Å²) in [4.78, 5) is 0. The molecule has 0 aromatic heterocycles. The van der Waals surface area contributed by atoms with Crippen LogP contribution in [0.3, 0.4) is 0 Å². The Balaban J connectivity index is 0.000000720. The summed E-state index contributed by atoms with van der Waals surface area (Å²) >= 11 is 0. The third-order valence-corrected chi connectivity index (χ3v) is 3.63. The Kier molecular flexibility index (Phi) is 2.45. The number of halogens is 1. The Morgan fingerprint density at radius 3 is 2.58 bits per heavy atom. The second-order valence-corrected chi connectivity index (χ2v) is 4.87. The van der Waals surface area contributed by atoms with E-state index in [1.54, 1.807) is 0 Å². The van der Waals surface area contributed by atoms with E-state index in [0.29, 0.717) is 17.9 Å². The minimum absolute atomic E-state index is 0. The summed E-state index contributed by atoms with van der Waals surface area (Å²) in [6, 6.07) is 0. The lowest BCUT2D eigenvalue weighted by Gasteiger charge is -2.56. The molecule has 2 fully saturated rings. The maximum Gasteiger partial charge on any atom is 0.0503 e. The average Bonchev–Trinajstić information content (AvgIpc) is 2.28. The number of fused-ring (bicyclic) bond motifs is 1. The van der Waals surface area contributed by atoms with Crippen molar-refractivity contribution >= 4 is 12.4 Å². The lowest BCUT2D eigenvalue weighted by atomic mass is 9.48. The molecular formula is C9H18ClNO. The minimum atomic E-state index is 0. The van der Waals surface area contributed by atoms with Crippen molar-refractivity contribution in [2.45, 2.75) is 20.3 Å². The fourth-order valence-electron chi connectivity index (χ4n) is 3.22. The molecule has 0 amide bonds. The van der Waals surface area contributed by atoms with Crippen molar-refractivity contribution in [2.24, 2.45) is 16.7 Å². The first kappa shape index (κ1) is 10.3. The topological polar surface area (TPSA) is 32.3 Å². The van der Waals surface area contributed by atoms with Gasteiger partial charge in [-0.05, 0) is 24.3 Å². The molecule has 12 heavy (non-hydrogen) atoms. The fourth-order valence-corrected chi connectivity index (χ4v) is 3.22. The van der Waals surface area contributed by atoms with Gasteiger partial charge in [0.1, 0.15) is 0 Å². The number of hydrogen-bond donors (Lipinski definition) is 2. The van der Waals surface area contributed by atoms with Gasteiger partial charge in [0.2, 0.25) is 0 Å². The molecule has 1 saturated heterocycles. The SMILES string of the molecule is CC1(C)C[C@]2(CO)CNC[C@H]12.Cl. The monoisotopic (exact) mass is 191 g/mol. The smallest absolute Gasteiger partial charge is 0.0503 e. The first-order valence-electron chi connectivity index (χ1n) is 4.42. The lowest BCUT2D eigenvalue weighted by molar-refractivity contribution is -0.0974. The van der Waals surface area contributed by atoms with Gasteiger partial charge in [0.25, 0.3) is 0 Å². The molecule has 1 aliphatic heterocycles. The van der Waals surface area contributed by atoms with Crippen LogP contribution < -0.4 is 5.32 Å². The van der Waals surface area contributed by atoms with Gasteiger partial charge in [-0.25, -0.2) is 0 Å². The first-order chi connectivity index (χ1) is 5.11. The molecule has 2 N–H and O–H groups in total. The normalized spacial score (nSPS) is 42.8. The summed E-state index contributed by atoms with van der Waals surface area (Å²) in [5.41, 5.74) is 0.718. The summed E-state index contributed by atoms with van der Waals surface area (Å²) in [5.74, 6) is 0.708. The zero-order valence-electron chi connectivity index (χ0n) is 7.76. The molecule has 0 aromatic rings. The van der Waals surface area contributed by atoms with Crippen LogP contribution in [0.2, 0.25) is 0 Å². The Morgan fingerprint density at radius 1 is 1.50 bits per heavy atom. The quantitative estimate of drug-likeness (QED) is 0.649. The predicted molar refractivity (Wildman–Crippen MR) is 51.5 cm³/mol. The molecule has 2 aliphatic rings. The van der Waals surface area contributed by atoms with Crippen LogP contribution in [-0.4, -0.2) is 24.8 Å². The molecule has 0 bridgehead atoms. The summed E-state index contributed by atoms with van der Waals surface area (Å²) in [5, 5.41) is 12.6. The molecule has 0 unspecified atom stereocenters. The summed E-state index contributed by atoms with van der Waals surface area (Å²) in [6.45, 7) is 7.11. The van der Waals surface area contributed by atoms with Crippen LogP contribution in [0.5, 0.6) is 0 Å². The molecule has 2 atom stereocenters. The zero-order valence-corrected chi connectivity index (χ0v) is 8.58. The van der Waals surface area contributed by atoms with Crippen molar-refractivity contribution in [3.05, 3.63) is 0 Å². The Labute approximate surface area is 80.1 Å². The van der Waals surface area contributed by atoms with Crippen LogP contribution >= 0.6 is 12.4 Å². The maximum atomic E-state index is 9.24. The summed E-state index contributed by atoms with van der Waals surface area (Å²) in [6.07, 6.45) is 1.19. The first-order valence-corrected chi connectivity index (χ1v) is 4.42. The highest BCUT2D eigenvalue weighted by atomic mass is 35.5. The predicted octanol–water partition coefficient (Wildman–Crippen LogP) is 1.04. The van der Waals surface area contributed by atoms with Crippen LogP contribution in [0.1, 0.15) is 20.3 Å². The van der Waals surface area contributed by atoms with Crippen LogP contribution in [0, 0.1) is 16.7 Å². The molecule has 2 nitrogen and oxygen atoms in total. The van der Waals surface area contributed by atoms with E-state index in [2.05, 4.69) is 19.2 Å². The molecule has 3 heteroatoms. The molecule has 1 saturated carbocycles. The average molecular weight is 192 g/mol. The van der Waals surface area contributed by atoms with E-state index in [-0.39, 0.29) is 17.8 Å². The zero-order chi connectivity index (χ0) is 8.11. The highest BCUT2D eigenvalue weighted by molar-refractivity contribution is 5.85. The molecular weight excluding hydrogens is 174 g/mol. The third-order valence-electron chi connectivity index (χ3n) is 3.63. The fraction of sp³-hybridized carbons (Fsp3) is 1.00. The third kappa shape index (κ3) is 1.09. The van der Waals surface area contributed by atoms with E-state index in [4.69, 9.17) is 0 Å². The van der Waals surface area contributed by atoms with Gasteiger partial charge in [0.05, 0.1) is 6.61 Å². The number of rotatable bonds is 1. The van der Waals surface area contributed by atoms with Crippen molar-refractivity contribution in [1.29, 1.82) is 0 Å². The van der Waals surface area contributed by atoms with Gasteiger partial charge >= 0.3 is 0 Å². The van der Waals surface area contributed by atoms with Gasteiger partial charge in [-0.2, -0.15) is 0 Å². The van der Waals surface area contributed by atoms with Gasteiger partial charge in [-0.3, -0.25) is 0 Å². The Morgan fingerprint density at radius 2 is 2.17 bits per heavy atom. The molecule has 0 radical (unpaired) electrons. The minimum Gasteiger partial charge on any atom is -0.396 e. The standard InChI is InChI=1S/C9H17NO.ClH/c1-8(2)4-9(6-11)5-10-3-7(8)9;/h7,10-11H,3-6H2,1-2H3;1H/t7-,9-;/m1./s1. The molecule has 72 valence electrons. The van der Waals surface area contributed by atoms with Crippen molar-refractivity contribution in [1.82, 2.24) is 5.32 Å². The van der Waals surface area contributed by atoms with Gasteiger partial charge in [-0.15, -0.1) is 12.4 Å². The van der Waals surface area contributed by atoms with Gasteiger partial charge in [0.15, 0.2) is 0 Å². The van der Waals surface area contributed by atoms with Gasteiger partial charge in [-0.1, -0.05) is 13.8 Å². The van der Waals surface area contributed by atoms with Crippen LogP contribution in [-0.2, 0) is 0 Å². The molecule has 2 rings (SSSR count). The molecule has 1 aliphatic carbocycles. The molecule has 0 spiro atoms. The van der Waals surface area contributed by atoms with Crippen molar-refractivity contribution in [3.63, 3.8) is 0 Å². The number of hydrogen-bond acceptors (Lipinski definition) is 2. The summed E-state index contributed by atoms with van der Waals surface area (Å²) in [7, 11) is 0. The number of aliphatic hydroxyl groups excluding tert-OH is 1. The van der Waals surface area contributed by atoms with E-state index in [1.165, 1.54) is 6.42 Å². The van der Waals surface area contributed by atoms with Crippen molar-refractivity contribution in [2.75, 3.05) is 19.7 Å². The Bertz CT molecular complexity index is 183. The van der Waals surface area contributed by atoms with E-state index < -0.39 is 0 Å². The second kappa shape index (κ2) is 2.86. The maximum absolute atomic E-state index is 9.24. The van der Waals surface area contributed by atoms with E-state index in [1.807, 2.05) is 0 Å². The highest BCUT2D eigenvalue weighted by Gasteiger charge is 2.60. The second-order valence-electron chi connectivity index (χ2n) is 4.87. The van der Waals surface area contributed by atoms with E-state index in [9.17, 15) is 5.11 Å². The number of nitrogens with one attached hydrogen (secondary N) is 1. The van der Waals surface area contributed by atoms with Crippen LogP contribution in [0.15, 0.2) is 0 Å². The molecule has 1 heterocycles. The van der Waals surface area contributed by atoms with Crippen LogP contribution in [0.25, 0.3) is 0 Å². The highest BCUT2D eigenvalue weighted by Crippen LogP contribution is 2.60. The van der Waals surface area contributed by atoms with Gasteiger partial charge in [0, 0.05) is 12.0 Å². The molecule has 0 aromatic carbocycles. The van der Waals surface area contributed by atoms with Crippen molar-refractivity contribution in [3.8, 4) is 0 Å².